The summed E-state index contributed by atoms with van der Waals surface area (Å²) in [6.07, 6.45) is 6.65. The first kappa shape index (κ1) is 6.33. The highest BCUT2D eigenvalue weighted by atomic mass is 14.7. The zero-order valence-corrected chi connectivity index (χ0v) is 5.48. The lowest BCUT2D eigenvalue weighted by molar-refractivity contribution is 0.716. The highest BCUT2D eigenvalue weighted by molar-refractivity contribution is 5.94. The second-order valence-electron chi connectivity index (χ2n) is 2.39. The maximum atomic E-state index is 7.10. The second kappa shape index (κ2) is 2.67. The molecule has 0 aromatic heterocycles. The first-order valence-electron chi connectivity index (χ1n) is 3.34. The van der Waals surface area contributed by atoms with Crippen LogP contribution in [0, 0.1) is 5.41 Å². The summed E-state index contributed by atoms with van der Waals surface area (Å²) in [7, 11) is 0. The Labute approximate surface area is 55.3 Å². The Balaban J connectivity index is 2.57. The van der Waals surface area contributed by atoms with E-state index >= 15 is 0 Å². The van der Waals surface area contributed by atoms with Crippen LogP contribution in [0.3, 0.4) is 0 Å². The summed E-state index contributed by atoms with van der Waals surface area (Å²) in [6.45, 7) is 0. The van der Waals surface area contributed by atoms with Gasteiger partial charge in [-0.3, -0.25) is 5.41 Å². The van der Waals surface area contributed by atoms with Crippen molar-refractivity contribution in [2.24, 2.45) is 5.73 Å². The minimum atomic E-state index is 0.259. The molecule has 0 heterocycles. The van der Waals surface area contributed by atoms with E-state index in [9.17, 15) is 0 Å². The van der Waals surface area contributed by atoms with E-state index in [-0.39, 0.29) is 5.84 Å². The fourth-order valence-electron chi connectivity index (χ4n) is 1.08. The van der Waals surface area contributed by atoms with Crippen LogP contribution in [-0.2, 0) is 0 Å². The lowest BCUT2D eigenvalue weighted by atomic mass is 9.99. The highest BCUT2D eigenvalue weighted by Crippen LogP contribution is 2.16. The fourth-order valence-corrected chi connectivity index (χ4v) is 1.08. The summed E-state index contributed by atoms with van der Waals surface area (Å²) in [5, 5.41) is 7.10. The summed E-state index contributed by atoms with van der Waals surface area (Å²) in [5.41, 5.74) is 6.32. The molecule has 0 fully saturated rings. The average molecular weight is 124 g/mol. The summed E-state index contributed by atoms with van der Waals surface area (Å²) >= 11 is 0. The van der Waals surface area contributed by atoms with Crippen molar-refractivity contribution in [3.8, 4) is 0 Å². The second-order valence-corrected chi connectivity index (χ2v) is 2.39. The number of nitrogens with one attached hydrogen (secondary N) is 1. The summed E-state index contributed by atoms with van der Waals surface area (Å²) in [6, 6.07) is 0. The first-order valence-corrected chi connectivity index (χ1v) is 3.34. The third-order valence-electron chi connectivity index (χ3n) is 1.64. The molecule has 0 saturated heterocycles. The zero-order valence-electron chi connectivity index (χ0n) is 5.48. The van der Waals surface area contributed by atoms with Crippen molar-refractivity contribution in [3.05, 3.63) is 11.6 Å². The third-order valence-corrected chi connectivity index (χ3v) is 1.64. The van der Waals surface area contributed by atoms with Gasteiger partial charge in [-0.15, -0.1) is 0 Å². The molecule has 0 radical (unpaired) electrons. The van der Waals surface area contributed by atoms with Crippen molar-refractivity contribution in [1.82, 2.24) is 0 Å². The van der Waals surface area contributed by atoms with Crippen LogP contribution in [0.5, 0.6) is 0 Å². The van der Waals surface area contributed by atoms with Crippen molar-refractivity contribution in [2.45, 2.75) is 25.7 Å². The lowest BCUT2D eigenvalue weighted by Gasteiger charge is -2.09. The van der Waals surface area contributed by atoms with E-state index in [0.29, 0.717) is 0 Å². The molecule has 0 saturated carbocycles. The molecular weight excluding hydrogens is 112 g/mol. The molecule has 2 heteroatoms. The summed E-state index contributed by atoms with van der Waals surface area (Å²) in [4.78, 5) is 0. The molecule has 0 aliphatic heterocycles. The lowest BCUT2D eigenvalue weighted by Crippen LogP contribution is -2.14. The van der Waals surface area contributed by atoms with E-state index in [1.165, 1.54) is 12.8 Å². The largest absolute Gasteiger partial charge is 0.384 e. The SMILES string of the molecule is N=C(N)C1=CCCCC1. The predicted molar refractivity (Wildman–Crippen MR) is 38.5 cm³/mol. The van der Waals surface area contributed by atoms with E-state index < -0.39 is 0 Å². The Kier molecular flexibility index (Phi) is 1.88. The van der Waals surface area contributed by atoms with Gasteiger partial charge in [-0.1, -0.05) is 6.08 Å². The minimum Gasteiger partial charge on any atom is -0.384 e. The number of hydrogen-bond donors (Lipinski definition) is 2. The van der Waals surface area contributed by atoms with Crippen LogP contribution in [0.4, 0.5) is 0 Å². The number of hydrogen-bond acceptors (Lipinski definition) is 1. The Morgan fingerprint density at radius 3 is 2.67 bits per heavy atom. The van der Waals surface area contributed by atoms with E-state index in [4.69, 9.17) is 11.1 Å². The molecule has 3 N–H and O–H groups in total. The van der Waals surface area contributed by atoms with Gasteiger partial charge in [-0.2, -0.15) is 0 Å². The van der Waals surface area contributed by atoms with Gasteiger partial charge >= 0.3 is 0 Å². The van der Waals surface area contributed by atoms with Gasteiger partial charge in [0.1, 0.15) is 5.84 Å². The molecule has 0 aromatic rings. The number of rotatable bonds is 1. The molecule has 1 rings (SSSR count). The topological polar surface area (TPSA) is 49.9 Å². The zero-order chi connectivity index (χ0) is 6.69. The summed E-state index contributed by atoms with van der Waals surface area (Å²) < 4.78 is 0. The molecule has 0 atom stereocenters. The maximum absolute atomic E-state index is 7.10. The van der Waals surface area contributed by atoms with Gasteiger partial charge in [0.2, 0.25) is 0 Å². The van der Waals surface area contributed by atoms with Crippen molar-refractivity contribution in [1.29, 1.82) is 5.41 Å². The van der Waals surface area contributed by atoms with Crippen molar-refractivity contribution in [2.75, 3.05) is 0 Å². The normalized spacial score (nSPS) is 18.9. The fraction of sp³-hybridized carbons (Fsp3) is 0.571. The predicted octanol–water partition coefficient (Wildman–Crippen LogP) is 1.42. The minimum absolute atomic E-state index is 0.259. The Bertz CT molecular complexity index is 147. The van der Waals surface area contributed by atoms with E-state index in [1.807, 2.05) is 0 Å². The van der Waals surface area contributed by atoms with Crippen LogP contribution in [0.15, 0.2) is 11.6 Å². The Morgan fingerprint density at radius 2 is 2.33 bits per heavy atom. The van der Waals surface area contributed by atoms with Gasteiger partial charge in [0.05, 0.1) is 0 Å². The smallest absolute Gasteiger partial charge is 0.118 e. The van der Waals surface area contributed by atoms with Gasteiger partial charge < -0.3 is 5.73 Å². The van der Waals surface area contributed by atoms with Crippen LogP contribution < -0.4 is 5.73 Å². The molecule has 0 aromatic carbocycles. The van der Waals surface area contributed by atoms with E-state index in [2.05, 4.69) is 6.08 Å². The molecular formula is C7H12N2. The molecule has 1 aliphatic carbocycles. The quantitative estimate of drug-likeness (QED) is 0.403. The average Bonchev–Trinajstić information content (AvgIpc) is 1.90. The molecule has 9 heavy (non-hydrogen) atoms. The number of nitrogens with two attached hydrogens (primary N) is 1. The van der Waals surface area contributed by atoms with Crippen molar-refractivity contribution in [3.63, 3.8) is 0 Å². The number of amidine groups is 1. The first-order chi connectivity index (χ1) is 4.30. The van der Waals surface area contributed by atoms with Crippen LogP contribution in [0.25, 0.3) is 0 Å². The van der Waals surface area contributed by atoms with Gasteiger partial charge in [-0.25, -0.2) is 0 Å². The van der Waals surface area contributed by atoms with Gasteiger partial charge in [0, 0.05) is 0 Å². The van der Waals surface area contributed by atoms with Crippen molar-refractivity contribution >= 4 is 5.84 Å². The van der Waals surface area contributed by atoms with Gasteiger partial charge in [0.15, 0.2) is 0 Å². The molecule has 50 valence electrons. The van der Waals surface area contributed by atoms with Crippen LogP contribution in [0.1, 0.15) is 25.7 Å². The Hall–Kier alpha value is -0.790. The van der Waals surface area contributed by atoms with Crippen LogP contribution >= 0.6 is 0 Å². The highest BCUT2D eigenvalue weighted by Gasteiger charge is 2.04. The number of allylic oxidation sites excluding steroid dienone is 1. The van der Waals surface area contributed by atoms with Crippen LogP contribution in [0.2, 0.25) is 0 Å². The van der Waals surface area contributed by atoms with Gasteiger partial charge in [0.25, 0.3) is 0 Å². The molecule has 0 amide bonds. The third kappa shape index (κ3) is 1.56. The molecule has 1 aliphatic rings. The standard InChI is InChI=1S/C7H12N2/c8-7(9)6-4-2-1-3-5-6/h4H,1-3,5H2,(H3,8,9). The van der Waals surface area contributed by atoms with E-state index in [1.54, 1.807) is 0 Å². The summed E-state index contributed by atoms with van der Waals surface area (Å²) in [5.74, 6) is 0.259. The van der Waals surface area contributed by atoms with Gasteiger partial charge in [-0.05, 0) is 31.3 Å². The van der Waals surface area contributed by atoms with E-state index in [0.717, 1.165) is 18.4 Å². The van der Waals surface area contributed by atoms with Crippen LogP contribution in [-0.4, -0.2) is 5.84 Å². The Morgan fingerprint density at radius 1 is 1.56 bits per heavy atom. The molecule has 2 nitrogen and oxygen atoms in total. The maximum Gasteiger partial charge on any atom is 0.118 e. The molecule has 0 unspecified atom stereocenters. The monoisotopic (exact) mass is 124 g/mol. The van der Waals surface area contributed by atoms with Crippen molar-refractivity contribution < 1.29 is 0 Å². The molecule has 0 bridgehead atoms. The molecule has 0 spiro atoms.